The molecule has 0 saturated heterocycles. The first-order valence-corrected chi connectivity index (χ1v) is 10.0. The van der Waals surface area contributed by atoms with Crippen molar-refractivity contribution in [3.05, 3.63) is 47.0 Å². The van der Waals surface area contributed by atoms with Crippen LogP contribution in [0.1, 0.15) is 48.2 Å². The highest BCUT2D eigenvalue weighted by Gasteiger charge is 2.16. The summed E-state index contributed by atoms with van der Waals surface area (Å²) in [5.41, 5.74) is 2.00. The lowest BCUT2D eigenvalue weighted by atomic mass is 10.0. The molecule has 0 fully saturated rings. The molecular weight excluding hydrogens is 402 g/mol. The molecule has 0 saturated carbocycles. The van der Waals surface area contributed by atoms with Gasteiger partial charge in [-0.1, -0.05) is 13.3 Å². The quantitative estimate of drug-likeness (QED) is 0.299. The van der Waals surface area contributed by atoms with Crippen LogP contribution in [0.5, 0.6) is 17.2 Å². The molecular formula is C23H27NO7. The van der Waals surface area contributed by atoms with Gasteiger partial charge in [0.25, 0.3) is 0 Å². The molecule has 3 N–H and O–H groups in total. The first-order chi connectivity index (χ1) is 14.7. The fraction of sp³-hybridized carbons (Fsp3) is 0.348. The van der Waals surface area contributed by atoms with Gasteiger partial charge in [-0.05, 0) is 56.2 Å². The molecule has 0 spiro atoms. The number of ether oxygens (including phenoxy) is 2. The average molecular weight is 429 g/mol. The van der Waals surface area contributed by atoms with Crippen LogP contribution >= 0.6 is 0 Å². The van der Waals surface area contributed by atoms with Crippen LogP contribution in [-0.4, -0.2) is 41.1 Å². The maximum Gasteiger partial charge on any atom is 0.394 e. The third-order valence-electron chi connectivity index (χ3n) is 4.57. The number of phenolic OH excluding ortho intramolecular Hbond substituents is 1. The molecule has 0 aliphatic rings. The maximum atomic E-state index is 11.6. The summed E-state index contributed by atoms with van der Waals surface area (Å²) in [5.74, 6) is -1.73. The van der Waals surface area contributed by atoms with Gasteiger partial charge < -0.3 is 25.0 Å². The standard InChI is InChI=1S/C23H27NO7/c1-4-6-18-20(10-8-17(15(3)25)21(18)26)31-12-5-11-30-16-7-9-19(14(2)13-16)24-22(27)23(28)29/h7-10,13,26H,4-6,11-12H2,1-3H3,(H,24,27)(H,28,29). The Morgan fingerprint density at radius 1 is 1.06 bits per heavy atom. The summed E-state index contributed by atoms with van der Waals surface area (Å²) >= 11 is 0. The number of aliphatic carboxylic acids is 1. The van der Waals surface area contributed by atoms with E-state index in [4.69, 9.17) is 14.6 Å². The van der Waals surface area contributed by atoms with Gasteiger partial charge in [-0.15, -0.1) is 0 Å². The van der Waals surface area contributed by atoms with E-state index in [1.54, 1.807) is 37.3 Å². The van der Waals surface area contributed by atoms with E-state index in [0.717, 1.165) is 6.42 Å². The van der Waals surface area contributed by atoms with Crippen LogP contribution in [0.4, 0.5) is 5.69 Å². The van der Waals surface area contributed by atoms with Gasteiger partial charge in [-0.3, -0.25) is 9.59 Å². The number of anilines is 1. The summed E-state index contributed by atoms with van der Waals surface area (Å²) in [4.78, 5) is 33.5. The molecule has 166 valence electrons. The number of hydrogen-bond donors (Lipinski definition) is 3. The molecule has 2 aromatic rings. The molecule has 0 bridgehead atoms. The lowest BCUT2D eigenvalue weighted by Crippen LogP contribution is -2.22. The number of benzene rings is 2. The molecule has 0 heterocycles. The van der Waals surface area contributed by atoms with Crippen molar-refractivity contribution >= 4 is 23.3 Å². The average Bonchev–Trinajstić information content (AvgIpc) is 2.71. The zero-order valence-electron chi connectivity index (χ0n) is 17.9. The molecule has 0 aliphatic carbocycles. The van der Waals surface area contributed by atoms with Crippen molar-refractivity contribution in [2.24, 2.45) is 0 Å². The predicted molar refractivity (Wildman–Crippen MR) is 115 cm³/mol. The van der Waals surface area contributed by atoms with Gasteiger partial charge >= 0.3 is 11.9 Å². The number of rotatable bonds is 10. The van der Waals surface area contributed by atoms with Crippen LogP contribution in [-0.2, 0) is 16.0 Å². The minimum absolute atomic E-state index is 0.0198. The van der Waals surface area contributed by atoms with Gasteiger partial charge in [0, 0.05) is 17.7 Å². The van der Waals surface area contributed by atoms with Gasteiger partial charge in [0.1, 0.15) is 17.2 Å². The summed E-state index contributed by atoms with van der Waals surface area (Å²) in [5, 5.41) is 21.3. The second-order valence-corrected chi connectivity index (χ2v) is 7.03. The molecule has 2 aromatic carbocycles. The zero-order valence-corrected chi connectivity index (χ0v) is 17.9. The Hall–Kier alpha value is -3.55. The summed E-state index contributed by atoms with van der Waals surface area (Å²) in [6.07, 6.45) is 1.98. The number of aryl methyl sites for hydroxylation is 1. The van der Waals surface area contributed by atoms with E-state index >= 15 is 0 Å². The second kappa shape index (κ2) is 11.0. The minimum Gasteiger partial charge on any atom is -0.507 e. The Balaban J connectivity index is 1.89. The lowest BCUT2D eigenvalue weighted by molar-refractivity contribution is -0.147. The topological polar surface area (TPSA) is 122 Å². The van der Waals surface area contributed by atoms with Crippen molar-refractivity contribution in [1.29, 1.82) is 0 Å². The number of Topliss-reactive ketones (excluding diaryl/α,β-unsaturated/α-hetero) is 1. The number of carboxylic acid groups (broad SMARTS) is 1. The maximum absolute atomic E-state index is 11.6. The SMILES string of the molecule is CCCc1c(OCCCOc2ccc(NC(=O)C(=O)O)c(C)c2)ccc(C(C)=O)c1O. The highest BCUT2D eigenvalue weighted by molar-refractivity contribution is 6.36. The van der Waals surface area contributed by atoms with E-state index in [-0.39, 0.29) is 17.1 Å². The number of carboxylic acids is 1. The lowest BCUT2D eigenvalue weighted by Gasteiger charge is -2.15. The molecule has 0 atom stereocenters. The fourth-order valence-corrected chi connectivity index (χ4v) is 3.00. The third-order valence-corrected chi connectivity index (χ3v) is 4.57. The normalized spacial score (nSPS) is 10.4. The molecule has 31 heavy (non-hydrogen) atoms. The number of carbonyl (C=O) groups excluding carboxylic acids is 2. The Morgan fingerprint density at radius 3 is 2.39 bits per heavy atom. The molecule has 8 nitrogen and oxygen atoms in total. The molecule has 0 radical (unpaired) electrons. The van der Waals surface area contributed by atoms with Crippen LogP contribution in [0.3, 0.4) is 0 Å². The van der Waals surface area contributed by atoms with Crippen LogP contribution in [0.2, 0.25) is 0 Å². The summed E-state index contributed by atoms with van der Waals surface area (Å²) in [7, 11) is 0. The van der Waals surface area contributed by atoms with Gasteiger partial charge in [-0.25, -0.2) is 4.79 Å². The van der Waals surface area contributed by atoms with Gasteiger partial charge in [0.2, 0.25) is 0 Å². The van der Waals surface area contributed by atoms with Crippen molar-refractivity contribution in [2.75, 3.05) is 18.5 Å². The van der Waals surface area contributed by atoms with E-state index < -0.39 is 11.9 Å². The summed E-state index contributed by atoms with van der Waals surface area (Å²) in [6, 6.07) is 8.20. The van der Waals surface area contributed by atoms with E-state index in [1.165, 1.54) is 6.92 Å². The molecule has 0 aliphatic heterocycles. The Labute approximate surface area is 180 Å². The number of amides is 1. The van der Waals surface area contributed by atoms with Crippen LogP contribution in [0, 0.1) is 6.92 Å². The van der Waals surface area contributed by atoms with Gasteiger partial charge in [-0.2, -0.15) is 0 Å². The van der Waals surface area contributed by atoms with Crippen molar-refractivity contribution in [2.45, 2.75) is 40.0 Å². The predicted octanol–water partition coefficient (Wildman–Crippen LogP) is 3.73. The molecule has 2 rings (SSSR count). The van der Waals surface area contributed by atoms with E-state index in [1.807, 2.05) is 6.92 Å². The first-order valence-electron chi connectivity index (χ1n) is 10.0. The Bertz CT molecular complexity index is 969. The second-order valence-electron chi connectivity index (χ2n) is 7.03. The molecule has 8 heteroatoms. The zero-order chi connectivity index (χ0) is 23.0. The molecule has 0 aromatic heterocycles. The highest BCUT2D eigenvalue weighted by atomic mass is 16.5. The van der Waals surface area contributed by atoms with Crippen molar-refractivity contribution in [3.63, 3.8) is 0 Å². The summed E-state index contributed by atoms with van der Waals surface area (Å²) < 4.78 is 11.5. The number of phenols is 1. The van der Waals surface area contributed by atoms with E-state index in [2.05, 4.69) is 5.32 Å². The first kappa shape index (κ1) is 23.7. The molecule has 1 amide bonds. The minimum atomic E-state index is -1.55. The van der Waals surface area contributed by atoms with E-state index in [0.29, 0.717) is 54.4 Å². The number of nitrogens with one attached hydrogen (secondary N) is 1. The van der Waals surface area contributed by atoms with Crippen LogP contribution in [0.25, 0.3) is 0 Å². The Kier molecular flexibility index (Phi) is 8.43. The highest BCUT2D eigenvalue weighted by Crippen LogP contribution is 2.33. The number of carbonyl (C=O) groups is 3. The summed E-state index contributed by atoms with van der Waals surface area (Å²) in [6.45, 7) is 5.87. The largest absolute Gasteiger partial charge is 0.507 e. The smallest absolute Gasteiger partial charge is 0.394 e. The van der Waals surface area contributed by atoms with E-state index in [9.17, 15) is 19.5 Å². The third kappa shape index (κ3) is 6.47. The number of aromatic hydroxyl groups is 1. The monoisotopic (exact) mass is 429 g/mol. The Morgan fingerprint density at radius 2 is 1.77 bits per heavy atom. The fourth-order valence-electron chi connectivity index (χ4n) is 3.00. The van der Waals surface area contributed by atoms with Crippen LogP contribution in [0.15, 0.2) is 30.3 Å². The van der Waals surface area contributed by atoms with Crippen LogP contribution < -0.4 is 14.8 Å². The number of ketones is 1. The van der Waals surface area contributed by atoms with Crippen molar-refractivity contribution < 1.29 is 34.1 Å². The molecule has 0 unspecified atom stereocenters. The number of hydrogen-bond acceptors (Lipinski definition) is 6. The van der Waals surface area contributed by atoms with Gasteiger partial charge in [0.05, 0.1) is 18.8 Å². The van der Waals surface area contributed by atoms with Crippen molar-refractivity contribution in [3.8, 4) is 17.2 Å². The van der Waals surface area contributed by atoms with Crippen molar-refractivity contribution in [1.82, 2.24) is 0 Å². The van der Waals surface area contributed by atoms with Gasteiger partial charge in [0.15, 0.2) is 5.78 Å².